The van der Waals surface area contributed by atoms with Gasteiger partial charge >= 0.3 is 17.9 Å². The van der Waals surface area contributed by atoms with Crippen molar-refractivity contribution in [2.45, 2.75) is 51.4 Å². The molecule has 1 saturated heterocycles. The average Bonchev–Trinajstić information content (AvgIpc) is 2.36. The number of aliphatic hydroxyl groups excluding tert-OH is 1. The van der Waals surface area contributed by atoms with E-state index in [9.17, 15) is 14.7 Å². The number of hydrogen-bond donors (Lipinski definition) is 2. The fourth-order valence-corrected chi connectivity index (χ4v) is 1.77. The maximum Gasteiger partial charge on any atom is 0.375 e. The molecule has 18 heavy (non-hydrogen) atoms. The molecule has 1 unspecified atom stereocenters. The highest BCUT2D eigenvalue weighted by Gasteiger charge is 2.42. The zero-order chi connectivity index (χ0) is 13.6. The molecule has 0 radical (unpaired) electrons. The van der Waals surface area contributed by atoms with E-state index in [1.54, 1.807) is 6.92 Å². The normalized spacial score (nSPS) is 22.2. The van der Waals surface area contributed by atoms with Gasteiger partial charge in [0, 0.05) is 19.4 Å². The lowest BCUT2D eigenvalue weighted by Crippen LogP contribution is -2.45. The zero-order valence-corrected chi connectivity index (χ0v) is 10.6. The van der Waals surface area contributed by atoms with Gasteiger partial charge in [-0.1, -0.05) is 6.92 Å². The van der Waals surface area contributed by atoms with Crippen molar-refractivity contribution in [1.29, 1.82) is 0 Å². The second-order valence-corrected chi connectivity index (χ2v) is 4.55. The third-order valence-electron chi connectivity index (χ3n) is 2.95. The van der Waals surface area contributed by atoms with Crippen LogP contribution in [0, 0.1) is 5.92 Å². The summed E-state index contributed by atoms with van der Waals surface area (Å²) < 4.78 is 9.76. The van der Waals surface area contributed by atoms with Crippen LogP contribution in [0.5, 0.6) is 0 Å². The molecule has 1 heterocycles. The summed E-state index contributed by atoms with van der Waals surface area (Å²) in [5, 5.41) is 18.9. The number of carbonyl (C=O) groups excluding carboxylic acids is 2. The topological polar surface area (TPSA) is 93.1 Å². The van der Waals surface area contributed by atoms with Gasteiger partial charge in [0.1, 0.15) is 0 Å². The van der Waals surface area contributed by atoms with Crippen LogP contribution >= 0.6 is 0 Å². The number of rotatable bonds is 4. The second-order valence-electron chi connectivity index (χ2n) is 4.55. The van der Waals surface area contributed by atoms with E-state index in [1.807, 2.05) is 0 Å². The minimum atomic E-state index is -2.21. The molecule has 0 bridgehead atoms. The van der Waals surface area contributed by atoms with Crippen molar-refractivity contribution in [3.8, 4) is 0 Å². The molecule has 0 aromatic carbocycles. The lowest BCUT2D eigenvalue weighted by Gasteiger charge is -2.31. The van der Waals surface area contributed by atoms with E-state index in [2.05, 4.69) is 0 Å². The number of cyclic esters (lactones) is 2. The van der Waals surface area contributed by atoms with Crippen molar-refractivity contribution >= 4 is 11.9 Å². The molecule has 1 rings (SSSR count). The molecule has 1 aliphatic rings. The summed E-state index contributed by atoms with van der Waals surface area (Å²) in [5.74, 6) is -3.96. The molecule has 0 spiro atoms. The predicted molar refractivity (Wildman–Crippen MR) is 61.1 cm³/mol. The minimum Gasteiger partial charge on any atom is -0.398 e. The van der Waals surface area contributed by atoms with Crippen molar-refractivity contribution in [3.63, 3.8) is 0 Å². The van der Waals surface area contributed by atoms with E-state index in [1.165, 1.54) is 0 Å². The maximum atomic E-state index is 11.5. The van der Waals surface area contributed by atoms with Crippen LogP contribution in [0.4, 0.5) is 0 Å². The van der Waals surface area contributed by atoms with Gasteiger partial charge in [0.15, 0.2) is 0 Å². The molecule has 2 N–H and O–H groups in total. The van der Waals surface area contributed by atoms with E-state index in [0.717, 1.165) is 0 Å². The first-order valence-corrected chi connectivity index (χ1v) is 6.25. The quantitative estimate of drug-likeness (QED) is 0.723. The van der Waals surface area contributed by atoms with Gasteiger partial charge < -0.3 is 19.7 Å². The monoisotopic (exact) mass is 260 g/mol. The summed E-state index contributed by atoms with van der Waals surface area (Å²) in [6, 6.07) is 0. The highest BCUT2D eigenvalue weighted by atomic mass is 16.8. The molecule has 0 saturated carbocycles. The summed E-state index contributed by atoms with van der Waals surface area (Å²) in [7, 11) is 0. The molecular formula is C12H20O6. The fraction of sp³-hybridized carbons (Fsp3) is 0.833. The van der Waals surface area contributed by atoms with Gasteiger partial charge in [-0.15, -0.1) is 0 Å². The fourth-order valence-electron chi connectivity index (χ4n) is 1.77. The molecule has 0 aromatic heterocycles. The van der Waals surface area contributed by atoms with Crippen LogP contribution in [0.25, 0.3) is 0 Å². The van der Waals surface area contributed by atoms with Crippen molar-refractivity contribution in [2.75, 3.05) is 6.61 Å². The molecule has 0 aliphatic carbocycles. The molecule has 1 fully saturated rings. The zero-order valence-electron chi connectivity index (χ0n) is 10.6. The van der Waals surface area contributed by atoms with E-state index < -0.39 is 23.8 Å². The van der Waals surface area contributed by atoms with E-state index in [0.29, 0.717) is 25.7 Å². The Hall–Kier alpha value is -1.14. The number of aliphatic hydroxyl groups is 2. The van der Waals surface area contributed by atoms with Crippen LogP contribution < -0.4 is 0 Å². The summed E-state index contributed by atoms with van der Waals surface area (Å²) >= 11 is 0. The molecular weight excluding hydrogens is 240 g/mol. The molecule has 104 valence electrons. The van der Waals surface area contributed by atoms with E-state index >= 15 is 0 Å². The van der Waals surface area contributed by atoms with Gasteiger partial charge in [0.2, 0.25) is 0 Å². The summed E-state index contributed by atoms with van der Waals surface area (Å²) in [5.41, 5.74) is 0. The van der Waals surface area contributed by atoms with Gasteiger partial charge in [0.05, 0.1) is 5.92 Å². The molecule has 0 amide bonds. The Morgan fingerprint density at radius 1 is 1.22 bits per heavy atom. The first-order chi connectivity index (χ1) is 8.48. The molecule has 1 atom stereocenters. The maximum absolute atomic E-state index is 11.5. The SMILES string of the molecule is CC(CCCO)C1(O)OC(=O)CCCCC(=O)O1. The smallest absolute Gasteiger partial charge is 0.375 e. The lowest BCUT2D eigenvalue weighted by molar-refractivity contribution is -0.348. The van der Waals surface area contributed by atoms with Crippen molar-refractivity contribution in [3.05, 3.63) is 0 Å². The first kappa shape index (κ1) is 14.9. The Morgan fingerprint density at radius 2 is 1.72 bits per heavy atom. The van der Waals surface area contributed by atoms with Crippen LogP contribution in [0.1, 0.15) is 45.4 Å². The Labute approximate surface area is 106 Å². The van der Waals surface area contributed by atoms with Crippen molar-refractivity contribution in [1.82, 2.24) is 0 Å². The number of ether oxygens (including phenoxy) is 2. The Bertz CT molecular complexity index is 281. The highest BCUT2D eigenvalue weighted by Crippen LogP contribution is 2.27. The average molecular weight is 260 g/mol. The summed E-state index contributed by atoms with van der Waals surface area (Å²) in [6.45, 7) is 1.57. The number of carbonyl (C=O) groups is 2. The molecule has 6 nitrogen and oxygen atoms in total. The third kappa shape index (κ3) is 4.27. The Kier molecular flexibility index (Phi) is 5.55. The summed E-state index contributed by atoms with van der Waals surface area (Å²) in [6.07, 6.45) is 2.20. The first-order valence-electron chi connectivity index (χ1n) is 6.25. The summed E-state index contributed by atoms with van der Waals surface area (Å²) in [4.78, 5) is 22.9. The lowest BCUT2D eigenvalue weighted by atomic mass is 10.0. The van der Waals surface area contributed by atoms with Crippen LogP contribution in [0.15, 0.2) is 0 Å². The Morgan fingerprint density at radius 3 is 2.17 bits per heavy atom. The standard InChI is InChI=1S/C12H20O6/c1-9(5-4-8-13)12(16)17-10(14)6-2-3-7-11(15)18-12/h9,13,16H,2-8H2,1H3. The van der Waals surface area contributed by atoms with Crippen molar-refractivity contribution < 1.29 is 29.3 Å². The Balaban J connectivity index is 2.76. The molecule has 6 heteroatoms. The van der Waals surface area contributed by atoms with E-state index in [-0.39, 0.29) is 19.4 Å². The van der Waals surface area contributed by atoms with Crippen molar-refractivity contribution in [2.24, 2.45) is 5.92 Å². The van der Waals surface area contributed by atoms with Crippen LogP contribution in [0.2, 0.25) is 0 Å². The van der Waals surface area contributed by atoms with Crippen LogP contribution in [-0.2, 0) is 19.1 Å². The van der Waals surface area contributed by atoms with Crippen LogP contribution in [-0.4, -0.2) is 34.7 Å². The third-order valence-corrected chi connectivity index (χ3v) is 2.95. The minimum absolute atomic E-state index is 0.0394. The predicted octanol–water partition coefficient (Wildman–Crippen LogP) is 0.701. The van der Waals surface area contributed by atoms with E-state index in [4.69, 9.17) is 14.6 Å². The van der Waals surface area contributed by atoms with Gasteiger partial charge in [-0.05, 0) is 25.7 Å². The number of esters is 2. The van der Waals surface area contributed by atoms with Gasteiger partial charge in [-0.25, -0.2) is 0 Å². The molecule has 1 aliphatic heterocycles. The van der Waals surface area contributed by atoms with Gasteiger partial charge in [-0.2, -0.15) is 0 Å². The van der Waals surface area contributed by atoms with Gasteiger partial charge in [0.25, 0.3) is 0 Å². The number of hydrogen-bond acceptors (Lipinski definition) is 6. The highest BCUT2D eigenvalue weighted by molar-refractivity contribution is 5.72. The molecule has 0 aromatic rings. The van der Waals surface area contributed by atoms with Crippen LogP contribution in [0.3, 0.4) is 0 Å². The second kappa shape index (κ2) is 6.70. The van der Waals surface area contributed by atoms with Gasteiger partial charge in [-0.3, -0.25) is 9.59 Å². The largest absolute Gasteiger partial charge is 0.398 e.